The minimum Gasteiger partial charge on any atom is -0.377 e. The smallest absolute Gasteiger partial charge is 0.241 e. The molecule has 0 aliphatic heterocycles. The Morgan fingerprint density at radius 2 is 1.72 bits per heavy atom. The normalized spacial score (nSPS) is 12.9. The van der Waals surface area contributed by atoms with Gasteiger partial charge in [0, 0.05) is 11.7 Å². The number of carbonyl (C=O) groups excluding carboxylic acids is 1. The van der Waals surface area contributed by atoms with Crippen LogP contribution in [0.5, 0.6) is 0 Å². The zero-order valence-electron chi connectivity index (χ0n) is 14.6. The third-order valence-corrected chi connectivity index (χ3v) is 4.24. The summed E-state index contributed by atoms with van der Waals surface area (Å²) < 4.78 is 0. The Hall–Kier alpha value is -1.75. The summed E-state index contributed by atoms with van der Waals surface area (Å²) in [7, 11) is 0. The van der Waals surface area contributed by atoms with E-state index in [4.69, 9.17) is 17.3 Å². The second kappa shape index (κ2) is 9.66. The number of benzene rings is 2. The molecule has 0 aliphatic carbocycles. The maximum atomic E-state index is 12.0. The van der Waals surface area contributed by atoms with Gasteiger partial charge in [-0.15, -0.1) is 12.4 Å². The van der Waals surface area contributed by atoms with Gasteiger partial charge in [0.2, 0.25) is 5.91 Å². The zero-order valence-corrected chi connectivity index (χ0v) is 16.2. The van der Waals surface area contributed by atoms with Crippen LogP contribution < -0.4 is 16.4 Å². The molecule has 2 aromatic rings. The predicted octanol–water partition coefficient (Wildman–Crippen LogP) is 4.86. The molecule has 2 aromatic carbocycles. The lowest BCUT2D eigenvalue weighted by atomic mass is 10.0. The maximum Gasteiger partial charge on any atom is 0.241 e. The Balaban J connectivity index is 0.00000312. The summed E-state index contributed by atoms with van der Waals surface area (Å²) in [5.74, 6) is -0.132. The molecule has 0 heterocycles. The molecule has 2 rings (SSSR count). The summed E-state index contributed by atoms with van der Waals surface area (Å²) in [5, 5.41) is 6.73. The van der Waals surface area contributed by atoms with E-state index in [1.807, 2.05) is 44.2 Å². The third kappa shape index (κ3) is 5.92. The predicted molar refractivity (Wildman–Crippen MR) is 109 cm³/mol. The molecule has 136 valence electrons. The van der Waals surface area contributed by atoms with Gasteiger partial charge in [-0.1, -0.05) is 55.8 Å². The lowest BCUT2D eigenvalue weighted by molar-refractivity contribution is -0.118. The highest BCUT2D eigenvalue weighted by atomic mass is 35.5. The van der Waals surface area contributed by atoms with Gasteiger partial charge in [-0.3, -0.25) is 4.79 Å². The summed E-state index contributed by atoms with van der Waals surface area (Å²) in [4.78, 5) is 12.0. The van der Waals surface area contributed by atoms with Gasteiger partial charge >= 0.3 is 0 Å². The molecule has 2 atom stereocenters. The first-order valence-corrected chi connectivity index (χ1v) is 8.43. The largest absolute Gasteiger partial charge is 0.377 e. The molecule has 0 aliphatic rings. The van der Waals surface area contributed by atoms with E-state index in [0.29, 0.717) is 10.7 Å². The summed E-state index contributed by atoms with van der Waals surface area (Å²) in [6, 6.07) is 15.1. The van der Waals surface area contributed by atoms with Crippen molar-refractivity contribution in [3.63, 3.8) is 0 Å². The molecule has 0 fully saturated rings. The first-order chi connectivity index (χ1) is 11.4. The molecule has 0 aromatic heterocycles. The minimum absolute atomic E-state index is 0. The Morgan fingerprint density at radius 3 is 2.28 bits per heavy atom. The number of rotatable bonds is 6. The molecule has 0 spiro atoms. The molecule has 4 nitrogen and oxygen atoms in total. The first kappa shape index (κ1) is 21.3. The van der Waals surface area contributed by atoms with E-state index in [0.717, 1.165) is 5.69 Å². The van der Waals surface area contributed by atoms with Crippen LogP contribution in [0.1, 0.15) is 32.4 Å². The van der Waals surface area contributed by atoms with Gasteiger partial charge in [0.1, 0.15) is 0 Å². The van der Waals surface area contributed by atoms with Crippen molar-refractivity contribution in [3.05, 3.63) is 59.1 Å². The molecule has 0 bridgehead atoms. The standard InChI is InChI=1S/C19H24ClN3O.ClH/c1-12(2)18(21)19(24)23-15-9-10-17(16(20)11-15)22-13(3)14-7-5-4-6-8-14;/h4-13,18,22H,21H2,1-3H3,(H,23,24);1H/t13?,18-;/m0./s1. The van der Waals surface area contributed by atoms with Crippen LogP contribution in [0.2, 0.25) is 5.02 Å². The van der Waals surface area contributed by atoms with Crippen LogP contribution in [-0.4, -0.2) is 11.9 Å². The minimum atomic E-state index is -0.542. The van der Waals surface area contributed by atoms with Crippen LogP contribution in [0.15, 0.2) is 48.5 Å². The number of nitrogens with two attached hydrogens (primary N) is 1. The average Bonchev–Trinajstić information content (AvgIpc) is 2.57. The summed E-state index contributed by atoms with van der Waals surface area (Å²) in [5.41, 5.74) is 8.48. The Bertz CT molecular complexity index is 692. The van der Waals surface area contributed by atoms with Crippen molar-refractivity contribution < 1.29 is 4.79 Å². The first-order valence-electron chi connectivity index (χ1n) is 8.06. The van der Waals surface area contributed by atoms with Crippen LogP contribution in [-0.2, 0) is 4.79 Å². The van der Waals surface area contributed by atoms with Crippen molar-refractivity contribution in [1.29, 1.82) is 0 Å². The lowest BCUT2D eigenvalue weighted by Gasteiger charge is -2.18. The van der Waals surface area contributed by atoms with Gasteiger partial charge in [-0.2, -0.15) is 0 Å². The Kier molecular flexibility index (Phi) is 8.23. The summed E-state index contributed by atoms with van der Waals surface area (Å²) >= 11 is 6.34. The van der Waals surface area contributed by atoms with E-state index in [9.17, 15) is 4.79 Å². The van der Waals surface area contributed by atoms with Crippen LogP contribution in [0.25, 0.3) is 0 Å². The second-order valence-corrected chi connectivity index (χ2v) is 6.64. The number of carbonyl (C=O) groups is 1. The lowest BCUT2D eigenvalue weighted by Crippen LogP contribution is -2.39. The zero-order chi connectivity index (χ0) is 17.7. The van der Waals surface area contributed by atoms with Crippen molar-refractivity contribution in [1.82, 2.24) is 0 Å². The van der Waals surface area contributed by atoms with E-state index in [1.165, 1.54) is 5.56 Å². The molecule has 1 unspecified atom stereocenters. The monoisotopic (exact) mass is 381 g/mol. The second-order valence-electron chi connectivity index (χ2n) is 6.23. The fraction of sp³-hybridized carbons (Fsp3) is 0.316. The van der Waals surface area contributed by atoms with E-state index < -0.39 is 6.04 Å². The fourth-order valence-corrected chi connectivity index (χ4v) is 2.53. The molecule has 0 radical (unpaired) electrons. The number of hydrogen-bond donors (Lipinski definition) is 3. The van der Waals surface area contributed by atoms with Crippen molar-refractivity contribution in [3.8, 4) is 0 Å². The van der Waals surface area contributed by atoms with Gasteiger partial charge in [-0.05, 0) is 36.6 Å². The Labute approximate surface area is 160 Å². The van der Waals surface area contributed by atoms with Crippen molar-refractivity contribution in [2.24, 2.45) is 11.7 Å². The van der Waals surface area contributed by atoms with E-state index >= 15 is 0 Å². The van der Waals surface area contributed by atoms with Gasteiger partial charge in [0.15, 0.2) is 0 Å². The number of hydrogen-bond acceptors (Lipinski definition) is 3. The molecular formula is C19H25Cl2N3O. The molecule has 0 saturated carbocycles. The molecular weight excluding hydrogens is 357 g/mol. The number of anilines is 2. The molecule has 6 heteroatoms. The van der Waals surface area contributed by atoms with Crippen LogP contribution >= 0.6 is 24.0 Å². The third-order valence-electron chi connectivity index (χ3n) is 3.93. The van der Waals surface area contributed by atoms with Crippen LogP contribution in [0.4, 0.5) is 11.4 Å². The van der Waals surface area contributed by atoms with E-state index in [1.54, 1.807) is 6.07 Å². The van der Waals surface area contributed by atoms with Gasteiger partial charge in [-0.25, -0.2) is 0 Å². The van der Waals surface area contributed by atoms with Crippen molar-refractivity contribution >= 4 is 41.3 Å². The molecule has 0 saturated heterocycles. The van der Waals surface area contributed by atoms with Gasteiger partial charge < -0.3 is 16.4 Å². The average molecular weight is 382 g/mol. The number of amides is 1. The van der Waals surface area contributed by atoms with Crippen molar-refractivity contribution in [2.45, 2.75) is 32.9 Å². The summed E-state index contributed by atoms with van der Waals surface area (Å²) in [6.07, 6.45) is 0. The molecule has 25 heavy (non-hydrogen) atoms. The van der Waals surface area contributed by atoms with Crippen molar-refractivity contribution in [2.75, 3.05) is 10.6 Å². The van der Waals surface area contributed by atoms with Gasteiger partial charge in [0.05, 0.1) is 16.8 Å². The highest BCUT2D eigenvalue weighted by Crippen LogP contribution is 2.29. The molecule has 4 N–H and O–H groups in total. The fourth-order valence-electron chi connectivity index (χ4n) is 2.30. The van der Waals surface area contributed by atoms with E-state index in [-0.39, 0.29) is 30.3 Å². The topological polar surface area (TPSA) is 67.1 Å². The Morgan fingerprint density at radius 1 is 1.08 bits per heavy atom. The van der Waals surface area contributed by atoms with E-state index in [2.05, 4.69) is 29.7 Å². The SMILES string of the molecule is CC(Nc1ccc(NC(=O)[C@@H](N)C(C)C)cc1Cl)c1ccccc1.Cl. The van der Waals surface area contributed by atoms with Crippen LogP contribution in [0, 0.1) is 5.92 Å². The molecule has 1 amide bonds. The highest BCUT2D eigenvalue weighted by molar-refractivity contribution is 6.33. The quantitative estimate of drug-likeness (QED) is 0.669. The summed E-state index contributed by atoms with van der Waals surface area (Å²) in [6.45, 7) is 5.90. The van der Waals surface area contributed by atoms with Crippen LogP contribution in [0.3, 0.4) is 0 Å². The maximum absolute atomic E-state index is 12.0. The van der Waals surface area contributed by atoms with Gasteiger partial charge in [0.25, 0.3) is 0 Å². The number of halogens is 2. The highest BCUT2D eigenvalue weighted by Gasteiger charge is 2.17. The number of nitrogens with one attached hydrogen (secondary N) is 2.